The number of amides is 1. The molecule has 2 aromatic rings. The molecule has 39 heavy (non-hydrogen) atoms. The summed E-state index contributed by atoms with van der Waals surface area (Å²) in [5.41, 5.74) is 6.05. The van der Waals surface area contributed by atoms with Crippen molar-refractivity contribution in [1.29, 1.82) is 0 Å². The van der Waals surface area contributed by atoms with E-state index in [-0.39, 0.29) is 12.1 Å². The van der Waals surface area contributed by atoms with Crippen LogP contribution in [0, 0.1) is 0 Å². The van der Waals surface area contributed by atoms with E-state index < -0.39 is 0 Å². The normalized spacial score (nSPS) is 18.8. The second kappa shape index (κ2) is 14.5. The van der Waals surface area contributed by atoms with Crippen molar-refractivity contribution in [2.24, 2.45) is 7.05 Å². The van der Waals surface area contributed by atoms with Gasteiger partial charge in [0.2, 0.25) is 6.41 Å². The van der Waals surface area contributed by atoms with Gasteiger partial charge in [0.25, 0.3) is 0 Å². The number of allylic oxidation sites excluding steroid dienone is 2. The zero-order valence-electron chi connectivity index (χ0n) is 24.0. The van der Waals surface area contributed by atoms with Gasteiger partial charge in [-0.05, 0) is 80.9 Å². The third kappa shape index (κ3) is 8.80. The molecule has 2 aliphatic heterocycles. The minimum absolute atomic E-state index is 0.213. The van der Waals surface area contributed by atoms with Crippen LogP contribution in [0.15, 0.2) is 60.7 Å². The highest BCUT2D eigenvalue weighted by molar-refractivity contribution is 6.30. The topological polar surface area (TPSA) is 83.5 Å². The Labute approximate surface area is 238 Å². The molecule has 1 aromatic heterocycles. The predicted molar refractivity (Wildman–Crippen MR) is 160 cm³/mol. The first kappa shape index (κ1) is 30.6. The van der Waals surface area contributed by atoms with Gasteiger partial charge in [0.05, 0.1) is 24.3 Å². The summed E-state index contributed by atoms with van der Waals surface area (Å²) < 4.78 is 7.90. The molecule has 3 N–H and O–H groups in total. The summed E-state index contributed by atoms with van der Waals surface area (Å²) in [6.07, 6.45) is 13.7. The number of imidazole rings is 1. The Balaban J connectivity index is 0.000000247. The lowest BCUT2D eigenvalue weighted by Gasteiger charge is -2.22. The summed E-state index contributed by atoms with van der Waals surface area (Å²) in [6, 6.07) is 6.37. The lowest BCUT2D eigenvalue weighted by atomic mass is 9.94. The van der Waals surface area contributed by atoms with Gasteiger partial charge >= 0.3 is 0 Å². The Morgan fingerprint density at radius 3 is 2.54 bits per heavy atom. The molecule has 0 bridgehead atoms. The number of hydrogen-bond acceptors (Lipinski definition) is 6. The molecular weight excluding hydrogens is 512 g/mol. The number of carbonyl (C=O) groups is 1. The van der Waals surface area contributed by atoms with Crippen LogP contribution in [0.2, 0.25) is 5.02 Å². The quantitative estimate of drug-likeness (QED) is 0.498. The first-order chi connectivity index (χ1) is 18.7. The SMILES string of the molecule is CNC(C)(C)C.COC(C1=CC2=CC=CNC2Cc2ccc(Cl)cc21)c1cncn1C.O=CN1CCNCC1. The van der Waals surface area contributed by atoms with Gasteiger partial charge in [-0.1, -0.05) is 29.8 Å². The van der Waals surface area contributed by atoms with E-state index in [0.717, 1.165) is 60.9 Å². The Hall–Kier alpha value is -2.91. The molecule has 1 aliphatic carbocycles. The molecule has 8 nitrogen and oxygen atoms in total. The molecule has 3 aliphatic rings. The van der Waals surface area contributed by atoms with Gasteiger partial charge in [-0.25, -0.2) is 4.98 Å². The summed E-state index contributed by atoms with van der Waals surface area (Å²) in [4.78, 5) is 16.1. The molecule has 212 valence electrons. The van der Waals surface area contributed by atoms with Gasteiger partial charge in [0.15, 0.2) is 0 Å². The van der Waals surface area contributed by atoms with Crippen LogP contribution >= 0.6 is 11.6 Å². The monoisotopic (exact) mass is 554 g/mol. The average Bonchev–Trinajstić information content (AvgIpc) is 3.29. The van der Waals surface area contributed by atoms with Crippen LogP contribution in [0.4, 0.5) is 0 Å². The number of carbonyl (C=O) groups excluding carboxylic acids is 1. The van der Waals surface area contributed by atoms with E-state index in [9.17, 15) is 4.79 Å². The maximum Gasteiger partial charge on any atom is 0.209 e. The predicted octanol–water partition coefficient (Wildman–Crippen LogP) is 3.86. The van der Waals surface area contributed by atoms with E-state index in [1.807, 2.05) is 49.3 Å². The molecule has 5 rings (SSSR count). The summed E-state index contributed by atoms with van der Waals surface area (Å²) in [5, 5.41) is 10.4. The molecule has 0 saturated carbocycles. The van der Waals surface area contributed by atoms with E-state index in [4.69, 9.17) is 16.3 Å². The Morgan fingerprint density at radius 2 is 1.97 bits per heavy atom. The number of piperazine rings is 1. The molecule has 3 heterocycles. The fourth-order valence-electron chi connectivity index (χ4n) is 4.37. The third-order valence-corrected chi connectivity index (χ3v) is 7.14. The van der Waals surface area contributed by atoms with Gasteiger partial charge in [0, 0.05) is 50.9 Å². The van der Waals surface area contributed by atoms with E-state index in [2.05, 4.69) is 59.9 Å². The minimum atomic E-state index is -0.213. The van der Waals surface area contributed by atoms with Crippen molar-refractivity contribution in [3.8, 4) is 0 Å². The number of fused-ring (bicyclic) bond motifs is 2. The van der Waals surface area contributed by atoms with Crippen LogP contribution in [0.1, 0.15) is 43.7 Å². The highest BCUT2D eigenvalue weighted by Gasteiger charge is 2.28. The highest BCUT2D eigenvalue weighted by atomic mass is 35.5. The van der Waals surface area contributed by atoms with Crippen LogP contribution in [0.3, 0.4) is 0 Å². The number of aromatic nitrogens is 2. The zero-order valence-corrected chi connectivity index (χ0v) is 24.8. The third-order valence-electron chi connectivity index (χ3n) is 6.91. The molecular formula is C30H43ClN6O2. The molecule has 0 spiro atoms. The van der Waals surface area contributed by atoms with Gasteiger partial charge in [-0.2, -0.15) is 0 Å². The van der Waals surface area contributed by atoms with Crippen molar-refractivity contribution in [2.75, 3.05) is 40.3 Å². The number of rotatable bonds is 4. The van der Waals surface area contributed by atoms with Gasteiger partial charge in [-0.3, -0.25) is 4.79 Å². The van der Waals surface area contributed by atoms with E-state index in [1.54, 1.807) is 18.3 Å². The van der Waals surface area contributed by atoms with E-state index >= 15 is 0 Å². The number of nitrogens with one attached hydrogen (secondary N) is 3. The maximum absolute atomic E-state index is 10.1. The number of nitrogens with zero attached hydrogens (tertiary/aromatic N) is 3. The molecule has 1 fully saturated rings. The number of dihydropyridines is 1. The standard InChI is InChI=1S/C20H20ClN3O.C5H10N2O.C5H13N/c1-24-12-22-11-19(24)20(25-2)17-8-14-4-3-7-23-18(14)9-13-5-6-15(21)10-16(13)17;8-5-7-3-1-6-2-4-7;1-5(2,3)6-4/h3-8,10-12,18,20,23H,9H2,1-2H3;5-6H,1-4H2;6H,1-4H3. The zero-order chi connectivity index (χ0) is 28.4. The lowest BCUT2D eigenvalue weighted by Crippen LogP contribution is -2.42. The van der Waals surface area contributed by atoms with Crippen LogP contribution in [0.5, 0.6) is 0 Å². The Kier molecular flexibility index (Phi) is 11.4. The maximum atomic E-state index is 10.1. The Morgan fingerprint density at radius 1 is 1.26 bits per heavy atom. The van der Waals surface area contributed by atoms with Crippen molar-refractivity contribution < 1.29 is 9.53 Å². The highest BCUT2D eigenvalue weighted by Crippen LogP contribution is 2.39. The molecule has 1 saturated heterocycles. The van der Waals surface area contributed by atoms with Crippen molar-refractivity contribution in [3.05, 3.63) is 82.6 Å². The second-order valence-electron chi connectivity index (χ2n) is 10.8. The molecule has 2 atom stereocenters. The van der Waals surface area contributed by atoms with E-state index in [0.29, 0.717) is 5.54 Å². The number of halogens is 1. The number of benzene rings is 1. The largest absolute Gasteiger partial charge is 0.384 e. The first-order valence-corrected chi connectivity index (χ1v) is 13.8. The summed E-state index contributed by atoms with van der Waals surface area (Å²) in [6.45, 7) is 10.0. The van der Waals surface area contributed by atoms with Gasteiger partial charge in [-0.15, -0.1) is 0 Å². The van der Waals surface area contributed by atoms with Crippen LogP contribution in [-0.4, -0.2) is 72.8 Å². The van der Waals surface area contributed by atoms with Crippen LogP contribution in [0.25, 0.3) is 5.57 Å². The smallest absolute Gasteiger partial charge is 0.209 e. The molecule has 0 radical (unpaired) electrons. The van der Waals surface area contributed by atoms with E-state index in [1.165, 1.54) is 11.1 Å². The molecule has 2 unspecified atom stereocenters. The number of hydrogen-bond donors (Lipinski definition) is 3. The molecule has 1 amide bonds. The van der Waals surface area contributed by atoms with Crippen molar-refractivity contribution in [2.45, 2.75) is 44.9 Å². The Bertz CT molecular complexity index is 1170. The van der Waals surface area contributed by atoms with Crippen LogP contribution < -0.4 is 16.0 Å². The number of aryl methyl sites for hydroxylation is 1. The number of methoxy groups -OCH3 is 1. The number of ether oxygens (including phenoxy) is 1. The van der Waals surface area contributed by atoms with Gasteiger partial charge < -0.3 is 30.2 Å². The first-order valence-electron chi connectivity index (χ1n) is 13.4. The van der Waals surface area contributed by atoms with Gasteiger partial charge in [0.1, 0.15) is 6.10 Å². The van der Waals surface area contributed by atoms with Crippen molar-refractivity contribution >= 4 is 23.6 Å². The average molecular weight is 555 g/mol. The van der Waals surface area contributed by atoms with Crippen molar-refractivity contribution in [3.63, 3.8) is 0 Å². The summed E-state index contributed by atoms with van der Waals surface area (Å²) >= 11 is 6.32. The molecule has 1 aromatic carbocycles. The summed E-state index contributed by atoms with van der Waals surface area (Å²) in [7, 11) is 5.68. The second-order valence-corrected chi connectivity index (χ2v) is 11.2. The lowest BCUT2D eigenvalue weighted by molar-refractivity contribution is -0.118. The van der Waals surface area contributed by atoms with Crippen LogP contribution in [-0.2, 0) is 23.0 Å². The fraction of sp³-hybridized carbons (Fsp3) is 0.467. The molecule has 9 heteroatoms. The van der Waals surface area contributed by atoms with Crippen molar-refractivity contribution in [1.82, 2.24) is 30.4 Å². The summed E-state index contributed by atoms with van der Waals surface area (Å²) in [5.74, 6) is 0. The fourth-order valence-corrected chi connectivity index (χ4v) is 4.55. The minimum Gasteiger partial charge on any atom is -0.384 e.